The molecule has 0 amide bonds. The van der Waals surface area contributed by atoms with E-state index >= 15 is 0 Å². The molecule has 1 aliphatic heterocycles. The summed E-state index contributed by atoms with van der Waals surface area (Å²) in [6.45, 7) is -0.363. The van der Waals surface area contributed by atoms with Crippen LogP contribution in [-0.2, 0) is 9.53 Å². The molecule has 132 valence electrons. The highest BCUT2D eigenvalue weighted by Crippen LogP contribution is 2.32. The zero-order valence-corrected chi connectivity index (χ0v) is 13.4. The second kappa shape index (κ2) is 7.47. The number of fused-ring (bicyclic) bond motifs is 1. The number of esters is 1. The summed E-state index contributed by atoms with van der Waals surface area (Å²) in [5.74, 6) is -0.183. The lowest BCUT2D eigenvalue weighted by atomic mass is 10.1. The Bertz CT molecular complexity index is 904. The summed E-state index contributed by atoms with van der Waals surface area (Å²) in [4.78, 5) is 34.2. The first-order chi connectivity index (χ1) is 12.5. The highest BCUT2D eigenvalue weighted by molar-refractivity contribution is 5.99. The molecule has 1 aliphatic rings. The Morgan fingerprint density at radius 2 is 1.92 bits per heavy atom. The number of nitro groups is 1. The second-order valence-corrected chi connectivity index (χ2v) is 5.25. The van der Waals surface area contributed by atoms with E-state index in [-0.39, 0.29) is 18.0 Å². The van der Waals surface area contributed by atoms with Crippen LogP contribution in [0.1, 0.15) is 15.9 Å². The molecule has 0 aliphatic carbocycles. The fraction of sp³-hybridized carbons (Fsp3) is 0.111. The van der Waals surface area contributed by atoms with Gasteiger partial charge in [0.05, 0.1) is 10.5 Å². The molecule has 26 heavy (non-hydrogen) atoms. The van der Waals surface area contributed by atoms with E-state index in [2.05, 4.69) is 0 Å². The van der Waals surface area contributed by atoms with Crippen molar-refractivity contribution in [2.24, 2.45) is 0 Å². The van der Waals surface area contributed by atoms with E-state index in [4.69, 9.17) is 14.2 Å². The molecule has 0 bridgehead atoms. The molecule has 0 saturated carbocycles. The standard InChI is InChI=1S/C18H13NO7/c20-15(13-5-7-16-17(9-13)26-11-25-16)10-24-18(21)8-6-12-3-1-2-4-14(12)19(22)23/h1-9H,10-11H2. The predicted octanol–water partition coefficient (Wildman–Crippen LogP) is 2.76. The summed E-state index contributed by atoms with van der Waals surface area (Å²) in [7, 11) is 0. The van der Waals surface area contributed by atoms with Crippen LogP contribution in [0, 0.1) is 10.1 Å². The fourth-order valence-corrected chi connectivity index (χ4v) is 2.29. The van der Waals surface area contributed by atoms with Crippen molar-refractivity contribution < 1.29 is 28.7 Å². The lowest BCUT2D eigenvalue weighted by Gasteiger charge is -2.03. The Balaban J connectivity index is 1.59. The van der Waals surface area contributed by atoms with E-state index in [0.29, 0.717) is 17.1 Å². The highest BCUT2D eigenvalue weighted by Gasteiger charge is 2.17. The monoisotopic (exact) mass is 355 g/mol. The van der Waals surface area contributed by atoms with Crippen molar-refractivity contribution in [3.8, 4) is 11.5 Å². The maximum Gasteiger partial charge on any atom is 0.331 e. The molecule has 1 heterocycles. The third kappa shape index (κ3) is 3.86. The zero-order valence-electron chi connectivity index (χ0n) is 13.4. The number of nitrogens with zero attached hydrogens (tertiary/aromatic N) is 1. The molecular weight excluding hydrogens is 342 g/mol. The third-order valence-electron chi connectivity index (χ3n) is 3.57. The second-order valence-electron chi connectivity index (χ2n) is 5.25. The predicted molar refractivity (Wildman–Crippen MR) is 90.0 cm³/mol. The number of benzene rings is 2. The summed E-state index contributed by atoms with van der Waals surface area (Å²) in [6.07, 6.45) is 2.31. The van der Waals surface area contributed by atoms with Gasteiger partial charge < -0.3 is 14.2 Å². The Morgan fingerprint density at radius 3 is 2.73 bits per heavy atom. The number of rotatable bonds is 6. The number of Topliss-reactive ketones (excluding diaryl/α,β-unsaturated/α-hetero) is 1. The van der Waals surface area contributed by atoms with Gasteiger partial charge in [0.2, 0.25) is 6.79 Å². The number of hydrogen-bond acceptors (Lipinski definition) is 7. The molecule has 0 unspecified atom stereocenters. The quantitative estimate of drug-likeness (QED) is 0.258. The fourth-order valence-electron chi connectivity index (χ4n) is 2.29. The van der Waals surface area contributed by atoms with Crippen molar-refractivity contribution in [2.45, 2.75) is 0 Å². The highest BCUT2D eigenvalue weighted by atomic mass is 16.7. The number of carbonyl (C=O) groups excluding carboxylic acids is 2. The molecule has 0 spiro atoms. The minimum atomic E-state index is -0.780. The van der Waals surface area contributed by atoms with Crippen LogP contribution in [0.4, 0.5) is 5.69 Å². The van der Waals surface area contributed by atoms with Crippen LogP contribution in [0.2, 0.25) is 0 Å². The van der Waals surface area contributed by atoms with Gasteiger partial charge in [-0.25, -0.2) is 4.79 Å². The Labute approximate surface area is 147 Å². The number of hydrogen-bond donors (Lipinski definition) is 0. The average molecular weight is 355 g/mol. The van der Waals surface area contributed by atoms with Crippen LogP contribution in [-0.4, -0.2) is 30.1 Å². The van der Waals surface area contributed by atoms with Gasteiger partial charge in [-0.2, -0.15) is 0 Å². The lowest BCUT2D eigenvalue weighted by molar-refractivity contribution is -0.385. The van der Waals surface area contributed by atoms with Crippen molar-refractivity contribution in [1.29, 1.82) is 0 Å². The van der Waals surface area contributed by atoms with Crippen molar-refractivity contribution in [3.05, 3.63) is 69.8 Å². The van der Waals surface area contributed by atoms with Crippen LogP contribution in [0.5, 0.6) is 11.5 Å². The van der Waals surface area contributed by atoms with E-state index in [1.807, 2.05) is 0 Å². The average Bonchev–Trinajstić information content (AvgIpc) is 3.12. The number of carbonyl (C=O) groups is 2. The van der Waals surface area contributed by atoms with Gasteiger partial charge in [0.1, 0.15) is 0 Å². The minimum absolute atomic E-state index is 0.0956. The van der Waals surface area contributed by atoms with Gasteiger partial charge in [-0.05, 0) is 30.3 Å². The molecular formula is C18H13NO7. The Hall–Kier alpha value is -3.68. The first kappa shape index (κ1) is 17.2. The van der Waals surface area contributed by atoms with Crippen LogP contribution in [0.25, 0.3) is 6.08 Å². The largest absolute Gasteiger partial charge is 0.454 e. The van der Waals surface area contributed by atoms with Gasteiger partial charge in [-0.15, -0.1) is 0 Å². The summed E-state index contributed by atoms with van der Waals surface area (Å²) >= 11 is 0. The molecule has 0 aromatic heterocycles. The molecule has 0 fully saturated rings. The molecule has 0 saturated heterocycles. The van der Waals surface area contributed by atoms with E-state index in [9.17, 15) is 19.7 Å². The van der Waals surface area contributed by atoms with E-state index in [1.54, 1.807) is 18.2 Å². The lowest BCUT2D eigenvalue weighted by Crippen LogP contribution is -2.12. The molecule has 0 N–H and O–H groups in total. The van der Waals surface area contributed by atoms with Crippen molar-refractivity contribution in [1.82, 2.24) is 0 Å². The van der Waals surface area contributed by atoms with Crippen LogP contribution < -0.4 is 9.47 Å². The smallest absolute Gasteiger partial charge is 0.331 e. The number of para-hydroxylation sites is 1. The van der Waals surface area contributed by atoms with Crippen molar-refractivity contribution in [3.63, 3.8) is 0 Å². The number of ketones is 1. The van der Waals surface area contributed by atoms with E-state index in [0.717, 1.165) is 6.08 Å². The minimum Gasteiger partial charge on any atom is -0.454 e. The van der Waals surface area contributed by atoms with Gasteiger partial charge in [0.15, 0.2) is 23.9 Å². The van der Waals surface area contributed by atoms with Gasteiger partial charge in [0, 0.05) is 17.7 Å². The Kier molecular flexibility index (Phi) is 4.93. The SMILES string of the molecule is O=C(C=Cc1ccccc1[N+](=O)[O-])OCC(=O)c1ccc2c(c1)OCO2. The molecule has 0 radical (unpaired) electrons. The molecule has 2 aromatic rings. The molecule has 8 heteroatoms. The van der Waals surface area contributed by atoms with Gasteiger partial charge in [0.25, 0.3) is 5.69 Å². The zero-order chi connectivity index (χ0) is 18.5. The first-order valence-electron chi connectivity index (χ1n) is 7.56. The number of ether oxygens (including phenoxy) is 3. The van der Waals surface area contributed by atoms with Crippen molar-refractivity contribution >= 4 is 23.5 Å². The molecule has 0 atom stereocenters. The van der Waals surface area contributed by atoms with Gasteiger partial charge >= 0.3 is 5.97 Å². The van der Waals surface area contributed by atoms with Gasteiger partial charge in [-0.1, -0.05) is 12.1 Å². The molecule has 8 nitrogen and oxygen atoms in total. The van der Waals surface area contributed by atoms with Crippen LogP contribution >= 0.6 is 0 Å². The van der Waals surface area contributed by atoms with Gasteiger partial charge in [-0.3, -0.25) is 14.9 Å². The summed E-state index contributed by atoms with van der Waals surface area (Å²) in [5, 5.41) is 10.9. The normalized spacial score (nSPS) is 12.2. The molecule has 3 rings (SSSR count). The summed E-state index contributed by atoms with van der Waals surface area (Å²) in [5.41, 5.74) is 0.453. The maximum atomic E-state index is 12.1. The van der Waals surface area contributed by atoms with Crippen molar-refractivity contribution in [2.75, 3.05) is 13.4 Å². The number of nitro benzene ring substituents is 1. The first-order valence-corrected chi connectivity index (χ1v) is 7.56. The maximum absolute atomic E-state index is 12.1. The van der Waals surface area contributed by atoms with E-state index < -0.39 is 23.3 Å². The van der Waals surface area contributed by atoms with E-state index in [1.165, 1.54) is 30.3 Å². The third-order valence-corrected chi connectivity index (χ3v) is 3.57. The van der Waals surface area contributed by atoms with Crippen LogP contribution in [0.15, 0.2) is 48.5 Å². The Morgan fingerprint density at radius 1 is 1.15 bits per heavy atom. The topological polar surface area (TPSA) is 105 Å². The summed E-state index contributed by atoms with van der Waals surface area (Å²) in [6, 6.07) is 10.6. The van der Waals surface area contributed by atoms with Crippen LogP contribution in [0.3, 0.4) is 0 Å². The molecule has 2 aromatic carbocycles. The summed E-state index contributed by atoms with van der Waals surface area (Å²) < 4.78 is 15.2.